The van der Waals surface area contributed by atoms with Crippen LogP contribution in [0.3, 0.4) is 0 Å². The van der Waals surface area contributed by atoms with Crippen LogP contribution < -0.4 is 4.90 Å². The van der Waals surface area contributed by atoms with Gasteiger partial charge in [-0.1, -0.05) is 13.8 Å². The van der Waals surface area contributed by atoms with Crippen molar-refractivity contribution < 1.29 is 0 Å². The fourth-order valence-corrected chi connectivity index (χ4v) is 1.41. The van der Waals surface area contributed by atoms with Gasteiger partial charge in [-0.15, -0.1) is 5.10 Å². The molecule has 0 fully saturated rings. The Kier molecular flexibility index (Phi) is 4.65. The molecule has 1 aromatic rings. The maximum absolute atomic E-state index is 8.51. The van der Waals surface area contributed by atoms with E-state index in [1.807, 2.05) is 18.9 Å². The summed E-state index contributed by atoms with van der Waals surface area (Å²) in [6, 6.07) is 2.10. The third kappa shape index (κ3) is 2.89. The van der Waals surface area contributed by atoms with Gasteiger partial charge in [0, 0.05) is 13.6 Å². The smallest absolute Gasteiger partial charge is 0.245 e. The minimum absolute atomic E-state index is 0.469. The molecule has 86 valence electrons. The Bertz CT molecular complexity index is 382. The molecule has 0 saturated heterocycles. The molecule has 16 heavy (non-hydrogen) atoms. The van der Waals surface area contributed by atoms with Crippen molar-refractivity contribution in [3.8, 4) is 6.07 Å². The summed E-state index contributed by atoms with van der Waals surface area (Å²) in [7, 11) is 1.87. The van der Waals surface area contributed by atoms with Crippen molar-refractivity contribution in [2.75, 3.05) is 18.5 Å². The first-order valence-electron chi connectivity index (χ1n) is 5.53. The summed E-state index contributed by atoms with van der Waals surface area (Å²) in [5, 5.41) is 16.7. The topological polar surface area (TPSA) is 65.7 Å². The molecule has 0 aliphatic rings. The number of aromatic nitrogens is 3. The van der Waals surface area contributed by atoms with Crippen LogP contribution in [0.15, 0.2) is 0 Å². The molecule has 0 atom stereocenters. The number of rotatable bonds is 5. The number of aryl methyl sites for hydroxylation is 2. The fraction of sp³-hybridized carbons (Fsp3) is 0.636. The second-order valence-electron chi connectivity index (χ2n) is 3.54. The highest BCUT2D eigenvalue weighted by Crippen LogP contribution is 2.09. The molecule has 0 spiro atoms. The Hall–Kier alpha value is -1.70. The quantitative estimate of drug-likeness (QED) is 0.747. The summed E-state index contributed by atoms with van der Waals surface area (Å²) >= 11 is 0. The van der Waals surface area contributed by atoms with E-state index in [-0.39, 0.29) is 0 Å². The number of anilines is 1. The van der Waals surface area contributed by atoms with Gasteiger partial charge >= 0.3 is 0 Å². The molecule has 0 bridgehead atoms. The second-order valence-corrected chi connectivity index (χ2v) is 3.54. The summed E-state index contributed by atoms with van der Waals surface area (Å²) in [5.41, 5.74) is 1.95. The minimum Gasteiger partial charge on any atom is -0.342 e. The van der Waals surface area contributed by atoms with Crippen LogP contribution in [0.25, 0.3) is 0 Å². The van der Waals surface area contributed by atoms with Crippen molar-refractivity contribution in [3.05, 3.63) is 11.4 Å². The van der Waals surface area contributed by atoms with Crippen molar-refractivity contribution in [3.63, 3.8) is 0 Å². The van der Waals surface area contributed by atoms with Gasteiger partial charge in [0.15, 0.2) is 0 Å². The van der Waals surface area contributed by atoms with E-state index in [2.05, 4.69) is 28.2 Å². The first-order valence-corrected chi connectivity index (χ1v) is 5.53. The third-order valence-corrected chi connectivity index (χ3v) is 2.40. The Morgan fingerprint density at radius 2 is 1.88 bits per heavy atom. The van der Waals surface area contributed by atoms with Crippen LogP contribution in [0.4, 0.5) is 5.95 Å². The molecule has 0 aromatic carbocycles. The third-order valence-electron chi connectivity index (χ3n) is 2.40. The number of hydrogen-bond acceptors (Lipinski definition) is 5. The van der Waals surface area contributed by atoms with E-state index >= 15 is 0 Å². The van der Waals surface area contributed by atoms with Crippen molar-refractivity contribution in [2.45, 2.75) is 33.1 Å². The molecule has 0 radical (unpaired) electrons. The Morgan fingerprint density at radius 3 is 2.44 bits per heavy atom. The number of nitrogens with zero attached hydrogens (tertiary/aromatic N) is 5. The van der Waals surface area contributed by atoms with Crippen LogP contribution in [-0.2, 0) is 12.8 Å². The average molecular weight is 219 g/mol. The minimum atomic E-state index is 0.469. The van der Waals surface area contributed by atoms with Crippen LogP contribution in [0.1, 0.15) is 31.7 Å². The van der Waals surface area contributed by atoms with Crippen molar-refractivity contribution in [1.29, 1.82) is 5.26 Å². The molecule has 0 aliphatic carbocycles. The normalized spacial score (nSPS) is 9.88. The summed E-state index contributed by atoms with van der Waals surface area (Å²) in [6.07, 6.45) is 2.18. The van der Waals surface area contributed by atoms with E-state index < -0.39 is 0 Å². The molecular weight excluding hydrogens is 202 g/mol. The van der Waals surface area contributed by atoms with Crippen LogP contribution in [0.2, 0.25) is 0 Å². The lowest BCUT2D eigenvalue weighted by Gasteiger charge is -2.15. The zero-order valence-corrected chi connectivity index (χ0v) is 10.1. The Labute approximate surface area is 96.1 Å². The van der Waals surface area contributed by atoms with Gasteiger partial charge in [0.05, 0.1) is 23.9 Å². The van der Waals surface area contributed by atoms with E-state index in [1.54, 1.807) is 0 Å². The molecule has 1 aromatic heterocycles. The molecule has 0 aliphatic heterocycles. The molecule has 0 amide bonds. The number of nitriles is 1. The molecule has 0 N–H and O–H groups in total. The van der Waals surface area contributed by atoms with Crippen LogP contribution in [0, 0.1) is 11.3 Å². The highest BCUT2D eigenvalue weighted by Gasteiger charge is 2.09. The van der Waals surface area contributed by atoms with Crippen LogP contribution in [-0.4, -0.2) is 28.8 Å². The predicted octanol–water partition coefficient (Wildman–Crippen LogP) is 1.35. The van der Waals surface area contributed by atoms with E-state index in [0.29, 0.717) is 18.9 Å². The second kappa shape index (κ2) is 6.01. The lowest BCUT2D eigenvalue weighted by atomic mass is 10.2. The Balaban J connectivity index is 2.86. The van der Waals surface area contributed by atoms with Crippen LogP contribution >= 0.6 is 0 Å². The molecule has 1 rings (SSSR count). The molecule has 0 saturated carbocycles. The van der Waals surface area contributed by atoms with Gasteiger partial charge in [0.25, 0.3) is 0 Å². The van der Waals surface area contributed by atoms with Crippen molar-refractivity contribution in [1.82, 2.24) is 15.2 Å². The predicted molar refractivity (Wildman–Crippen MR) is 62.1 cm³/mol. The van der Waals surface area contributed by atoms with Gasteiger partial charge < -0.3 is 4.90 Å². The first-order chi connectivity index (χ1) is 7.72. The summed E-state index contributed by atoms with van der Waals surface area (Å²) in [4.78, 5) is 6.31. The Morgan fingerprint density at radius 1 is 1.19 bits per heavy atom. The lowest BCUT2D eigenvalue weighted by Crippen LogP contribution is -2.22. The average Bonchev–Trinajstić information content (AvgIpc) is 2.34. The molecule has 5 nitrogen and oxygen atoms in total. The molecular formula is C11H17N5. The highest BCUT2D eigenvalue weighted by atomic mass is 15.3. The lowest BCUT2D eigenvalue weighted by molar-refractivity contribution is 0.772. The SMILES string of the molecule is CCc1nnc(N(C)CCC#N)nc1CC. The molecule has 5 heteroatoms. The monoisotopic (exact) mass is 219 g/mol. The zero-order valence-electron chi connectivity index (χ0n) is 10.1. The first kappa shape index (κ1) is 12.4. The van der Waals surface area contributed by atoms with Crippen molar-refractivity contribution >= 4 is 5.95 Å². The van der Waals surface area contributed by atoms with Crippen molar-refractivity contribution in [2.24, 2.45) is 0 Å². The summed E-state index contributed by atoms with van der Waals surface area (Å²) < 4.78 is 0. The summed E-state index contributed by atoms with van der Waals surface area (Å²) in [5.74, 6) is 0.601. The van der Waals surface area contributed by atoms with Gasteiger partial charge in [-0.05, 0) is 12.8 Å². The van der Waals surface area contributed by atoms with E-state index in [9.17, 15) is 0 Å². The van der Waals surface area contributed by atoms with Crippen LogP contribution in [0.5, 0.6) is 0 Å². The van der Waals surface area contributed by atoms with E-state index in [1.165, 1.54) is 0 Å². The van der Waals surface area contributed by atoms with E-state index in [0.717, 1.165) is 24.2 Å². The van der Waals surface area contributed by atoms with Gasteiger partial charge in [0.1, 0.15) is 0 Å². The maximum atomic E-state index is 8.51. The highest BCUT2D eigenvalue weighted by molar-refractivity contribution is 5.29. The molecule has 1 heterocycles. The maximum Gasteiger partial charge on any atom is 0.245 e. The number of hydrogen-bond donors (Lipinski definition) is 0. The standard InChI is InChI=1S/C11H17N5/c1-4-9-10(5-2)14-15-11(13-9)16(3)8-6-7-12/h4-6,8H2,1-3H3. The van der Waals surface area contributed by atoms with Gasteiger partial charge in [-0.2, -0.15) is 10.4 Å². The zero-order chi connectivity index (χ0) is 12.0. The van der Waals surface area contributed by atoms with Gasteiger partial charge in [-0.25, -0.2) is 4.98 Å². The largest absolute Gasteiger partial charge is 0.342 e. The molecule has 0 unspecified atom stereocenters. The summed E-state index contributed by atoms with van der Waals surface area (Å²) in [6.45, 7) is 4.74. The van der Waals surface area contributed by atoms with Gasteiger partial charge in [-0.3, -0.25) is 0 Å². The fourth-order valence-electron chi connectivity index (χ4n) is 1.41. The van der Waals surface area contributed by atoms with Gasteiger partial charge in [0.2, 0.25) is 5.95 Å². The van der Waals surface area contributed by atoms with E-state index in [4.69, 9.17) is 5.26 Å².